The van der Waals surface area contributed by atoms with E-state index < -0.39 is 23.5 Å². The summed E-state index contributed by atoms with van der Waals surface area (Å²) >= 11 is 0. The summed E-state index contributed by atoms with van der Waals surface area (Å²) in [6.07, 6.45) is 0.566. The van der Waals surface area contributed by atoms with Crippen molar-refractivity contribution in [3.63, 3.8) is 0 Å². The average Bonchev–Trinajstić information content (AvgIpc) is 2.58. The Bertz CT molecular complexity index is 785. The normalized spacial score (nSPS) is 17.2. The van der Waals surface area contributed by atoms with Crippen molar-refractivity contribution in [1.82, 2.24) is 15.5 Å². The molecule has 1 fully saturated rings. The number of rotatable bonds is 8. The number of amides is 2. The van der Waals surface area contributed by atoms with E-state index in [1.807, 2.05) is 20.8 Å². The molecule has 2 atom stereocenters. The van der Waals surface area contributed by atoms with Crippen LogP contribution in [0.5, 0.6) is 0 Å². The van der Waals surface area contributed by atoms with Gasteiger partial charge in [-0.05, 0) is 17.4 Å². The summed E-state index contributed by atoms with van der Waals surface area (Å²) in [5.74, 6) is -1.57. The molecule has 29 heavy (non-hydrogen) atoms. The smallest absolute Gasteiger partial charge is 0.317 e. The van der Waals surface area contributed by atoms with Gasteiger partial charge in [0.15, 0.2) is 0 Å². The van der Waals surface area contributed by atoms with E-state index in [0.29, 0.717) is 25.1 Å². The first kappa shape index (κ1) is 22.4. The minimum absolute atomic E-state index is 0.0193. The zero-order valence-electron chi connectivity index (χ0n) is 17.0. The third-order valence-electron chi connectivity index (χ3n) is 4.91. The van der Waals surface area contributed by atoms with Crippen molar-refractivity contribution in [1.29, 1.82) is 5.41 Å². The molecule has 1 aromatic rings. The molecule has 0 aliphatic carbocycles. The van der Waals surface area contributed by atoms with Crippen molar-refractivity contribution in [2.24, 2.45) is 11.1 Å². The van der Waals surface area contributed by atoms with Crippen molar-refractivity contribution < 1.29 is 19.5 Å². The van der Waals surface area contributed by atoms with Crippen LogP contribution in [0.3, 0.4) is 0 Å². The topological polar surface area (TPSA) is 149 Å². The second-order valence-corrected chi connectivity index (χ2v) is 8.24. The lowest BCUT2D eigenvalue weighted by Crippen LogP contribution is -2.64. The van der Waals surface area contributed by atoms with Crippen LogP contribution in [0.15, 0.2) is 24.3 Å². The van der Waals surface area contributed by atoms with Gasteiger partial charge in [0.2, 0.25) is 11.8 Å². The number of carboxylic acids is 1. The van der Waals surface area contributed by atoms with E-state index in [1.165, 1.54) is 4.90 Å². The molecule has 0 radical (unpaired) electrons. The number of amidine groups is 1. The fourth-order valence-corrected chi connectivity index (χ4v) is 3.15. The summed E-state index contributed by atoms with van der Waals surface area (Å²) < 4.78 is 0. The first-order valence-corrected chi connectivity index (χ1v) is 9.47. The Morgan fingerprint density at radius 3 is 2.34 bits per heavy atom. The summed E-state index contributed by atoms with van der Waals surface area (Å²) in [6, 6.07) is 5.73. The molecule has 158 valence electrons. The van der Waals surface area contributed by atoms with Crippen LogP contribution < -0.4 is 16.4 Å². The maximum absolute atomic E-state index is 12.9. The van der Waals surface area contributed by atoms with Crippen molar-refractivity contribution in [2.45, 2.75) is 45.8 Å². The molecule has 2 amide bonds. The lowest BCUT2D eigenvalue weighted by Gasteiger charge is -2.44. The van der Waals surface area contributed by atoms with Crippen LogP contribution >= 0.6 is 0 Å². The van der Waals surface area contributed by atoms with Crippen LogP contribution in [0.4, 0.5) is 0 Å². The predicted octanol–water partition coefficient (Wildman–Crippen LogP) is 0.277. The van der Waals surface area contributed by atoms with Gasteiger partial charge in [0.1, 0.15) is 11.9 Å². The number of nitrogens with zero attached hydrogens (tertiary/aromatic N) is 1. The standard InChI is InChI=1S/C20H29N5O4/c1-20(2,3)16(23-11-15(26)27)19(29)25-9-8-14(25)18(28)24-10-12-4-6-13(7-5-12)17(21)22/h4-7,14,16,23H,8-11H2,1-3H3,(H3,21,22)(H,24,28)(H,26,27)/t14-,16-/m0/s1. The van der Waals surface area contributed by atoms with Gasteiger partial charge in [-0.1, -0.05) is 45.0 Å². The Hall–Kier alpha value is -2.94. The van der Waals surface area contributed by atoms with Gasteiger partial charge in [-0.25, -0.2) is 0 Å². The SMILES string of the molecule is CC(C)(C)[C@@H](NCC(=O)O)C(=O)N1CC[C@H]1C(=O)NCc1ccc(C(=N)N)cc1. The molecule has 0 bridgehead atoms. The molecule has 1 aliphatic rings. The molecule has 9 heteroatoms. The molecule has 1 heterocycles. The highest BCUT2D eigenvalue weighted by Crippen LogP contribution is 2.26. The number of hydrogen-bond donors (Lipinski definition) is 5. The monoisotopic (exact) mass is 403 g/mol. The van der Waals surface area contributed by atoms with Gasteiger partial charge in [0.25, 0.3) is 0 Å². The van der Waals surface area contributed by atoms with Crippen LogP contribution in [0.25, 0.3) is 0 Å². The summed E-state index contributed by atoms with van der Waals surface area (Å²) in [5.41, 5.74) is 6.39. The van der Waals surface area contributed by atoms with Crippen LogP contribution in [0.2, 0.25) is 0 Å². The summed E-state index contributed by atoms with van der Waals surface area (Å²) in [7, 11) is 0. The number of hydrogen-bond acceptors (Lipinski definition) is 5. The molecular weight excluding hydrogens is 374 g/mol. The van der Waals surface area contributed by atoms with Crippen LogP contribution in [0.1, 0.15) is 38.3 Å². The molecule has 1 aliphatic heterocycles. The van der Waals surface area contributed by atoms with Crippen molar-refractivity contribution in [3.8, 4) is 0 Å². The first-order valence-electron chi connectivity index (χ1n) is 9.47. The lowest BCUT2D eigenvalue weighted by molar-refractivity contribution is -0.151. The molecule has 2 rings (SSSR count). The highest BCUT2D eigenvalue weighted by atomic mass is 16.4. The Morgan fingerprint density at radius 1 is 1.28 bits per heavy atom. The molecule has 1 aromatic carbocycles. The number of nitrogens with one attached hydrogen (secondary N) is 3. The number of likely N-dealkylation sites (tertiary alicyclic amines) is 1. The molecule has 1 saturated heterocycles. The number of carbonyl (C=O) groups is 3. The van der Waals surface area contributed by atoms with Gasteiger partial charge in [-0.3, -0.25) is 25.1 Å². The van der Waals surface area contributed by atoms with Gasteiger partial charge in [0.05, 0.1) is 12.6 Å². The zero-order valence-corrected chi connectivity index (χ0v) is 17.0. The number of nitrogen functional groups attached to an aromatic ring is 1. The van der Waals surface area contributed by atoms with Gasteiger partial charge in [0, 0.05) is 18.7 Å². The number of aliphatic carboxylic acids is 1. The van der Waals surface area contributed by atoms with E-state index in [9.17, 15) is 14.4 Å². The molecule has 0 unspecified atom stereocenters. The third kappa shape index (κ3) is 5.77. The van der Waals surface area contributed by atoms with Crippen molar-refractivity contribution >= 4 is 23.6 Å². The van der Waals surface area contributed by atoms with Gasteiger partial charge >= 0.3 is 5.97 Å². The van der Waals surface area contributed by atoms with E-state index in [-0.39, 0.29) is 24.2 Å². The average molecular weight is 403 g/mol. The van der Waals surface area contributed by atoms with Crippen LogP contribution in [0, 0.1) is 10.8 Å². The van der Waals surface area contributed by atoms with Crippen LogP contribution in [-0.4, -0.2) is 58.8 Å². The number of carbonyl (C=O) groups excluding carboxylic acids is 2. The van der Waals surface area contributed by atoms with E-state index in [1.54, 1.807) is 24.3 Å². The minimum Gasteiger partial charge on any atom is -0.480 e. The fourth-order valence-electron chi connectivity index (χ4n) is 3.15. The van der Waals surface area contributed by atoms with Crippen molar-refractivity contribution in [2.75, 3.05) is 13.1 Å². The number of nitrogens with two attached hydrogens (primary N) is 1. The molecule has 9 nitrogen and oxygen atoms in total. The summed E-state index contributed by atoms with van der Waals surface area (Å²) in [5, 5.41) is 21.9. The minimum atomic E-state index is -1.04. The second-order valence-electron chi connectivity index (χ2n) is 8.24. The number of carboxylic acid groups (broad SMARTS) is 1. The molecule has 6 N–H and O–H groups in total. The quantitative estimate of drug-likeness (QED) is 0.311. The Morgan fingerprint density at radius 2 is 1.90 bits per heavy atom. The summed E-state index contributed by atoms with van der Waals surface area (Å²) in [6.45, 7) is 5.99. The van der Waals surface area contributed by atoms with E-state index in [0.717, 1.165) is 5.56 Å². The maximum Gasteiger partial charge on any atom is 0.317 e. The molecule has 0 saturated carbocycles. The lowest BCUT2D eigenvalue weighted by atomic mass is 9.84. The third-order valence-corrected chi connectivity index (χ3v) is 4.91. The first-order chi connectivity index (χ1) is 13.5. The van der Waals surface area contributed by atoms with E-state index in [4.69, 9.17) is 16.2 Å². The Labute approximate surface area is 170 Å². The van der Waals surface area contributed by atoms with Gasteiger partial charge in [-0.15, -0.1) is 0 Å². The molecular formula is C20H29N5O4. The molecule has 0 spiro atoms. The van der Waals surface area contributed by atoms with Crippen molar-refractivity contribution in [3.05, 3.63) is 35.4 Å². The van der Waals surface area contributed by atoms with E-state index in [2.05, 4.69) is 10.6 Å². The Balaban J connectivity index is 1.96. The van der Waals surface area contributed by atoms with Gasteiger partial charge < -0.3 is 21.1 Å². The predicted molar refractivity (Wildman–Crippen MR) is 108 cm³/mol. The molecule has 0 aromatic heterocycles. The Kier molecular flexibility index (Phi) is 6.97. The second kappa shape index (κ2) is 9.04. The highest BCUT2D eigenvalue weighted by molar-refractivity contribution is 5.95. The largest absolute Gasteiger partial charge is 0.480 e. The van der Waals surface area contributed by atoms with E-state index >= 15 is 0 Å². The zero-order chi connectivity index (χ0) is 21.8. The summed E-state index contributed by atoms with van der Waals surface area (Å²) in [4.78, 5) is 37.9. The van der Waals surface area contributed by atoms with Gasteiger partial charge in [-0.2, -0.15) is 0 Å². The van der Waals surface area contributed by atoms with Crippen LogP contribution in [-0.2, 0) is 20.9 Å². The number of benzene rings is 1. The highest BCUT2D eigenvalue weighted by Gasteiger charge is 2.43. The fraction of sp³-hybridized carbons (Fsp3) is 0.500. The maximum atomic E-state index is 12.9.